The zero-order valence-electron chi connectivity index (χ0n) is 17.4. The van der Waals surface area contributed by atoms with Crippen LogP contribution < -0.4 is 10.6 Å². The molecule has 5 rings (SSSR count). The predicted molar refractivity (Wildman–Crippen MR) is 115 cm³/mol. The number of imidazole rings is 1. The van der Waals surface area contributed by atoms with Crippen molar-refractivity contribution in [2.45, 2.75) is 44.9 Å². The topological polar surface area (TPSA) is 61.1 Å². The Labute approximate surface area is 178 Å². The highest BCUT2D eigenvalue weighted by Crippen LogP contribution is 2.32. The quantitative estimate of drug-likeness (QED) is 0.603. The van der Waals surface area contributed by atoms with E-state index in [1.807, 2.05) is 4.90 Å². The molecule has 2 aromatic carbocycles. The van der Waals surface area contributed by atoms with Gasteiger partial charge in [0.25, 0.3) is 0 Å². The van der Waals surface area contributed by atoms with Gasteiger partial charge in [0, 0.05) is 31.5 Å². The summed E-state index contributed by atoms with van der Waals surface area (Å²) in [6, 6.07) is 7.72. The highest BCUT2D eigenvalue weighted by atomic mass is 19.1. The molecule has 8 heteroatoms. The molecule has 3 heterocycles. The minimum absolute atomic E-state index is 0.0553. The molecule has 0 amide bonds. The number of halogens is 3. The Kier molecular flexibility index (Phi) is 6.36. The second kappa shape index (κ2) is 9.18. The molecule has 2 aliphatic rings. The summed E-state index contributed by atoms with van der Waals surface area (Å²) in [4.78, 5) is 17.8. The van der Waals surface area contributed by atoms with E-state index in [0.717, 1.165) is 18.4 Å². The Morgan fingerprint density at radius 2 is 1.87 bits per heavy atom. The van der Waals surface area contributed by atoms with Crippen LogP contribution in [0.3, 0.4) is 0 Å². The van der Waals surface area contributed by atoms with Gasteiger partial charge in [-0.05, 0) is 50.3 Å². The number of rotatable bonds is 2. The number of hydrogen-bond donors (Lipinski definition) is 2. The number of alkyl halides is 1. The molecule has 31 heavy (non-hydrogen) atoms. The number of hydrogen-bond acceptors (Lipinski definition) is 3. The number of ether oxygens (including phenoxy) is 1. The maximum Gasteiger partial charge on any atom is 0.323 e. The van der Waals surface area contributed by atoms with E-state index in [2.05, 4.69) is 16.9 Å². The number of nitrogens with one attached hydrogen (secondary N) is 2. The summed E-state index contributed by atoms with van der Waals surface area (Å²) in [5.74, 6) is -1.57. The predicted octanol–water partition coefficient (Wildman–Crippen LogP) is 4.93. The van der Waals surface area contributed by atoms with Gasteiger partial charge in [-0.1, -0.05) is 12.1 Å². The Hall–Kier alpha value is -2.74. The van der Waals surface area contributed by atoms with Crippen LogP contribution in [0.25, 0.3) is 22.2 Å². The second-order valence-electron chi connectivity index (χ2n) is 8.11. The third kappa shape index (κ3) is 4.79. The van der Waals surface area contributed by atoms with Crippen molar-refractivity contribution in [2.75, 3.05) is 24.6 Å². The molecule has 2 aliphatic heterocycles. The van der Waals surface area contributed by atoms with Gasteiger partial charge < -0.3 is 19.6 Å². The molecule has 2 fully saturated rings. The number of nitrogens with zero attached hydrogens (tertiary/aromatic N) is 1. The Morgan fingerprint density at radius 1 is 1.10 bits per heavy atom. The highest BCUT2D eigenvalue weighted by Gasteiger charge is 2.22. The number of benzene rings is 2. The van der Waals surface area contributed by atoms with E-state index in [1.54, 1.807) is 24.3 Å². The summed E-state index contributed by atoms with van der Waals surface area (Å²) >= 11 is 0. The molecule has 2 N–H and O–H groups in total. The van der Waals surface area contributed by atoms with Gasteiger partial charge in [-0.3, -0.25) is 0 Å². The first-order valence-electron chi connectivity index (χ1n) is 10.6. The molecule has 0 saturated carbocycles. The highest BCUT2D eigenvalue weighted by molar-refractivity contribution is 5.83. The molecule has 0 spiro atoms. The zero-order valence-corrected chi connectivity index (χ0v) is 17.4. The van der Waals surface area contributed by atoms with E-state index in [9.17, 15) is 18.0 Å². The Balaban J connectivity index is 0.000000282. The van der Waals surface area contributed by atoms with Crippen molar-refractivity contribution in [1.82, 2.24) is 9.97 Å². The molecule has 5 nitrogen and oxygen atoms in total. The van der Waals surface area contributed by atoms with Gasteiger partial charge in [0.05, 0.1) is 17.2 Å². The van der Waals surface area contributed by atoms with Gasteiger partial charge in [0.15, 0.2) is 5.82 Å². The molecule has 3 aromatic rings. The van der Waals surface area contributed by atoms with Crippen molar-refractivity contribution in [3.8, 4) is 11.1 Å². The van der Waals surface area contributed by atoms with Crippen molar-refractivity contribution in [2.24, 2.45) is 0 Å². The summed E-state index contributed by atoms with van der Waals surface area (Å²) in [6.45, 7) is 4.08. The normalized spacial score (nSPS) is 21.2. The number of aromatic amines is 2. The van der Waals surface area contributed by atoms with Gasteiger partial charge >= 0.3 is 5.69 Å². The van der Waals surface area contributed by atoms with Crippen LogP contribution in [0.1, 0.15) is 32.6 Å². The fourth-order valence-electron chi connectivity index (χ4n) is 4.06. The lowest BCUT2D eigenvalue weighted by atomic mass is 10.0. The lowest BCUT2D eigenvalue weighted by Gasteiger charge is -2.18. The summed E-state index contributed by atoms with van der Waals surface area (Å²) in [6.07, 6.45) is 4.08. The van der Waals surface area contributed by atoms with E-state index < -0.39 is 23.5 Å². The van der Waals surface area contributed by atoms with Crippen molar-refractivity contribution < 1.29 is 17.9 Å². The number of aromatic nitrogens is 2. The minimum Gasteiger partial charge on any atom is -0.379 e. The van der Waals surface area contributed by atoms with E-state index in [1.165, 1.54) is 19.3 Å². The van der Waals surface area contributed by atoms with Crippen LogP contribution >= 0.6 is 0 Å². The Morgan fingerprint density at radius 3 is 2.45 bits per heavy atom. The molecular formula is C23H26F3N3O2. The van der Waals surface area contributed by atoms with Gasteiger partial charge in [-0.15, -0.1) is 0 Å². The average Bonchev–Trinajstić information content (AvgIpc) is 3.35. The molecule has 2 atom stereocenters. The van der Waals surface area contributed by atoms with E-state index in [0.29, 0.717) is 31.2 Å². The molecule has 1 unspecified atom stereocenters. The van der Waals surface area contributed by atoms with Crippen molar-refractivity contribution in [1.29, 1.82) is 0 Å². The molecular weight excluding hydrogens is 407 g/mol. The molecule has 0 radical (unpaired) electrons. The number of fused-ring (bicyclic) bond motifs is 1. The summed E-state index contributed by atoms with van der Waals surface area (Å²) in [5.41, 5.74) is 0.408. The SMILES string of the molecule is CC1CCCCO1.O=c1[nH]c2cc(F)c(-c3ccc(N4CC[C@@H](F)C4)cc3)c(F)c2[nH]1. The maximum absolute atomic E-state index is 14.6. The van der Waals surface area contributed by atoms with Crippen LogP contribution in [-0.4, -0.2) is 41.9 Å². The van der Waals surface area contributed by atoms with Crippen molar-refractivity contribution in [3.05, 3.63) is 52.5 Å². The third-order valence-electron chi connectivity index (χ3n) is 5.76. The molecule has 2 saturated heterocycles. The summed E-state index contributed by atoms with van der Waals surface area (Å²) in [7, 11) is 0. The van der Waals surface area contributed by atoms with E-state index in [-0.39, 0.29) is 16.6 Å². The fourth-order valence-corrected chi connectivity index (χ4v) is 4.06. The van der Waals surface area contributed by atoms with Crippen LogP contribution in [0.5, 0.6) is 0 Å². The number of anilines is 1. The first-order chi connectivity index (χ1) is 14.9. The van der Waals surface area contributed by atoms with Gasteiger partial charge in [0.1, 0.15) is 17.5 Å². The Bertz CT molecular complexity index is 1090. The van der Waals surface area contributed by atoms with E-state index >= 15 is 0 Å². The summed E-state index contributed by atoms with van der Waals surface area (Å²) in [5, 5.41) is 0. The van der Waals surface area contributed by atoms with Crippen LogP contribution in [0.2, 0.25) is 0 Å². The molecule has 0 aliphatic carbocycles. The van der Waals surface area contributed by atoms with Gasteiger partial charge in [-0.25, -0.2) is 18.0 Å². The smallest absolute Gasteiger partial charge is 0.323 e. The average molecular weight is 433 g/mol. The zero-order chi connectivity index (χ0) is 22.0. The first-order valence-corrected chi connectivity index (χ1v) is 10.6. The number of H-pyrrole nitrogens is 2. The minimum atomic E-state index is -0.840. The van der Waals surface area contributed by atoms with Crippen molar-refractivity contribution >= 4 is 16.7 Å². The lowest BCUT2D eigenvalue weighted by Crippen LogP contribution is -2.19. The molecule has 166 valence electrons. The van der Waals surface area contributed by atoms with Crippen molar-refractivity contribution in [3.63, 3.8) is 0 Å². The van der Waals surface area contributed by atoms with Crippen LogP contribution in [0.15, 0.2) is 35.1 Å². The third-order valence-corrected chi connectivity index (χ3v) is 5.76. The molecule has 0 bridgehead atoms. The lowest BCUT2D eigenvalue weighted by molar-refractivity contribution is 0.0285. The standard InChI is InChI=1S/C17H14F3N3O.C6H12O/c18-10-5-6-23(8-10)11-3-1-9(2-4-11)14-12(19)7-13-16(15(14)20)22-17(24)21-13;1-6-4-2-3-5-7-6/h1-4,7,10H,5-6,8H2,(H2,21,22,24);6H,2-5H2,1H3/t10-;/m1./s1. The fraction of sp³-hybridized carbons (Fsp3) is 0.435. The van der Waals surface area contributed by atoms with Crippen LogP contribution in [0.4, 0.5) is 18.9 Å². The van der Waals surface area contributed by atoms with Crippen LogP contribution in [-0.2, 0) is 4.74 Å². The maximum atomic E-state index is 14.6. The van der Waals surface area contributed by atoms with Crippen LogP contribution in [0, 0.1) is 11.6 Å². The second-order valence-corrected chi connectivity index (χ2v) is 8.11. The largest absolute Gasteiger partial charge is 0.379 e. The van der Waals surface area contributed by atoms with Gasteiger partial charge in [-0.2, -0.15) is 0 Å². The summed E-state index contributed by atoms with van der Waals surface area (Å²) < 4.78 is 47.4. The monoisotopic (exact) mass is 433 g/mol. The van der Waals surface area contributed by atoms with E-state index in [4.69, 9.17) is 4.74 Å². The van der Waals surface area contributed by atoms with Gasteiger partial charge in [0.2, 0.25) is 0 Å². The molecule has 1 aromatic heterocycles. The first kappa shape index (κ1) is 21.5.